The van der Waals surface area contributed by atoms with Crippen LogP contribution in [-0.4, -0.2) is 82.6 Å². The number of Topliss-reactive ketones (excluding diaryl/α,β-unsaturated/α-hetero) is 2. The molecule has 0 bridgehead atoms. The molecule has 0 aromatic heterocycles. The maximum Gasteiger partial charge on any atom is 0.255 e. The Kier molecular flexibility index (Phi) is 6.75. The highest BCUT2D eigenvalue weighted by molar-refractivity contribution is 14.1. The molecule has 210 valence electrons. The molecule has 0 aliphatic heterocycles. The van der Waals surface area contributed by atoms with E-state index in [-0.39, 0.29) is 29.7 Å². The van der Waals surface area contributed by atoms with Crippen LogP contribution >= 0.6 is 22.6 Å². The van der Waals surface area contributed by atoms with E-state index in [9.17, 15) is 34.8 Å². The number of nitrogens with two attached hydrogens (primary N) is 1. The summed E-state index contributed by atoms with van der Waals surface area (Å²) in [5.74, 6) is -6.63. The fourth-order valence-corrected chi connectivity index (χ4v) is 7.06. The van der Waals surface area contributed by atoms with E-state index in [1.807, 2.05) is 71.9 Å². The highest BCUT2D eigenvalue weighted by atomic mass is 127. The Balaban J connectivity index is 1.73. The molecule has 10 nitrogen and oxygen atoms in total. The first-order chi connectivity index (χ1) is 18.7. The van der Waals surface area contributed by atoms with Crippen molar-refractivity contribution < 1.29 is 34.8 Å². The van der Waals surface area contributed by atoms with Gasteiger partial charge in [0.05, 0.1) is 15.2 Å². The maximum atomic E-state index is 14.0. The molecule has 1 amide bonds. The minimum Gasteiger partial charge on any atom is -0.508 e. The molecular formula is C29H30IN3O7. The number of benzene rings is 2. The average Bonchev–Trinajstić information content (AvgIpc) is 2.88. The number of hydrogen-bond acceptors (Lipinski definition) is 9. The number of carbonyl (C=O) groups is 3. The van der Waals surface area contributed by atoms with Crippen LogP contribution in [0, 0.1) is 15.4 Å². The van der Waals surface area contributed by atoms with Crippen molar-refractivity contribution >= 4 is 51.5 Å². The molecule has 3 aliphatic carbocycles. The first-order valence-corrected chi connectivity index (χ1v) is 13.8. The van der Waals surface area contributed by atoms with Crippen LogP contribution in [0.15, 0.2) is 47.2 Å². The van der Waals surface area contributed by atoms with E-state index in [1.54, 1.807) is 14.1 Å². The third kappa shape index (κ3) is 3.85. The summed E-state index contributed by atoms with van der Waals surface area (Å²) in [6.07, 6.45) is 0.265. The molecule has 11 heteroatoms. The molecule has 2 aromatic rings. The fourth-order valence-electron chi connectivity index (χ4n) is 6.48. The van der Waals surface area contributed by atoms with E-state index >= 15 is 0 Å². The molecule has 3 aliphatic rings. The number of halogens is 1. The number of aliphatic hydroxyl groups is 3. The van der Waals surface area contributed by atoms with Gasteiger partial charge >= 0.3 is 0 Å². The number of fused-ring (bicyclic) bond motifs is 3. The van der Waals surface area contributed by atoms with Crippen molar-refractivity contribution in [2.24, 2.45) is 17.6 Å². The zero-order valence-corrected chi connectivity index (χ0v) is 24.6. The third-order valence-corrected chi connectivity index (χ3v) is 9.19. The number of phenolic OH excluding ortho intramolecular Hbond substituents is 1. The average molecular weight is 659 g/mol. The summed E-state index contributed by atoms with van der Waals surface area (Å²) in [5, 5.41) is 45.3. The second-order valence-electron chi connectivity index (χ2n) is 11.0. The molecule has 40 heavy (non-hydrogen) atoms. The molecule has 0 unspecified atom stereocenters. The van der Waals surface area contributed by atoms with Crippen molar-refractivity contribution in [3.8, 4) is 16.9 Å². The lowest BCUT2D eigenvalue weighted by Gasteiger charge is -2.50. The maximum absolute atomic E-state index is 14.0. The van der Waals surface area contributed by atoms with Gasteiger partial charge in [0.25, 0.3) is 5.91 Å². The van der Waals surface area contributed by atoms with E-state index in [4.69, 9.17) is 5.73 Å². The molecule has 2 aromatic carbocycles. The van der Waals surface area contributed by atoms with Gasteiger partial charge in [-0.25, -0.2) is 0 Å². The second-order valence-corrected chi connectivity index (χ2v) is 12.2. The number of amides is 1. The lowest BCUT2D eigenvalue weighted by atomic mass is 9.57. The molecule has 4 atom stereocenters. The summed E-state index contributed by atoms with van der Waals surface area (Å²) in [6.45, 7) is 0. The van der Waals surface area contributed by atoms with Crippen molar-refractivity contribution in [3.05, 3.63) is 61.9 Å². The van der Waals surface area contributed by atoms with Crippen LogP contribution in [0.25, 0.3) is 16.9 Å². The Labute approximate surface area is 244 Å². The van der Waals surface area contributed by atoms with Crippen LogP contribution in [0.3, 0.4) is 0 Å². The number of nitrogens with zero attached hydrogens (tertiary/aromatic N) is 2. The van der Waals surface area contributed by atoms with E-state index in [2.05, 4.69) is 0 Å². The normalized spacial score (nSPS) is 26.0. The zero-order valence-electron chi connectivity index (χ0n) is 22.4. The molecule has 5 rings (SSSR count). The largest absolute Gasteiger partial charge is 0.508 e. The van der Waals surface area contributed by atoms with E-state index in [0.717, 1.165) is 16.8 Å². The van der Waals surface area contributed by atoms with E-state index < -0.39 is 58.0 Å². The first kappa shape index (κ1) is 28.1. The summed E-state index contributed by atoms with van der Waals surface area (Å²) in [7, 11) is 7.01. The molecule has 6 N–H and O–H groups in total. The van der Waals surface area contributed by atoms with Gasteiger partial charge in [0.2, 0.25) is 5.78 Å². The number of ketones is 2. The molecule has 1 saturated carbocycles. The summed E-state index contributed by atoms with van der Waals surface area (Å²) >= 11 is 1.95. The van der Waals surface area contributed by atoms with Crippen molar-refractivity contribution in [2.75, 3.05) is 33.1 Å². The van der Waals surface area contributed by atoms with Gasteiger partial charge in [0.1, 0.15) is 22.8 Å². The lowest BCUT2D eigenvalue weighted by Crippen LogP contribution is -2.65. The summed E-state index contributed by atoms with van der Waals surface area (Å²) in [5.41, 5.74) is 5.03. The molecule has 0 saturated heterocycles. The SMILES string of the molecule is CN(C)c1ccc(-c2cc(I)c(O)c3c2C[C@H]2C[C@H]4[C@H](N(C)C)C(=O)C(C(N)=O)=C(O)[C@@]4(O)C(=O)C2=C3O)cc1. The molecule has 0 heterocycles. The molecular weight excluding hydrogens is 629 g/mol. The molecule has 1 fully saturated rings. The van der Waals surface area contributed by atoms with Gasteiger partial charge in [-0.05, 0) is 90.3 Å². The van der Waals surface area contributed by atoms with Gasteiger partial charge in [0, 0.05) is 31.3 Å². The quantitative estimate of drug-likeness (QED) is 0.245. The number of phenols is 1. The number of likely N-dealkylation sites (N-methyl/N-ethyl adjacent to an activating group) is 1. The summed E-state index contributed by atoms with van der Waals surface area (Å²) < 4.78 is 0.447. The van der Waals surface area contributed by atoms with Gasteiger partial charge in [-0.3, -0.25) is 19.3 Å². The van der Waals surface area contributed by atoms with Gasteiger partial charge in [-0.1, -0.05) is 12.1 Å². The number of aromatic hydroxyl groups is 1. The van der Waals surface area contributed by atoms with E-state index in [0.29, 0.717) is 9.13 Å². The summed E-state index contributed by atoms with van der Waals surface area (Å²) in [4.78, 5) is 42.9. The minimum atomic E-state index is -2.66. The highest BCUT2D eigenvalue weighted by Gasteiger charge is 2.64. The van der Waals surface area contributed by atoms with Crippen LogP contribution in [0.5, 0.6) is 5.75 Å². The number of primary amides is 1. The van der Waals surface area contributed by atoms with Gasteiger partial charge < -0.3 is 31.1 Å². The minimum absolute atomic E-state index is 0.0392. The van der Waals surface area contributed by atoms with Crippen LogP contribution in [0.2, 0.25) is 0 Å². The predicted octanol–water partition coefficient (Wildman–Crippen LogP) is 2.30. The van der Waals surface area contributed by atoms with Crippen molar-refractivity contribution in [3.63, 3.8) is 0 Å². The lowest BCUT2D eigenvalue weighted by molar-refractivity contribution is -0.153. The van der Waals surface area contributed by atoms with Gasteiger partial charge in [0.15, 0.2) is 11.4 Å². The Morgan fingerprint density at radius 1 is 1.07 bits per heavy atom. The van der Waals surface area contributed by atoms with E-state index in [1.165, 1.54) is 4.90 Å². The van der Waals surface area contributed by atoms with Crippen LogP contribution in [-0.2, 0) is 20.8 Å². The summed E-state index contributed by atoms with van der Waals surface area (Å²) in [6, 6.07) is 8.48. The predicted molar refractivity (Wildman–Crippen MR) is 157 cm³/mol. The number of anilines is 1. The highest BCUT2D eigenvalue weighted by Crippen LogP contribution is 2.54. The zero-order chi connectivity index (χ0) is 29.4. The number of hydrogen-bond donors (Lipinski definition) is 5. The van der Waals surface area contributed by atoms with Crippen LogP contribution in [0.1, 0.15) is 17.5 Å². The number of aliphatic hydroxyl groups excluding tert-OH is 2. The Hall–Kier alpha value is -3.42. The Morgan fingerprint density at radius 3 is 2.25 bits per heavy atom. The van der Waals surface area contributed by atoms with Crippen molar-refractivity contribution in [1.82, 2.24) is 4.90 Å². The molecule has 0 spiro atoms. The smallest absolute Gasteiger partial charge is 0.255 e. The number of carbonyl (C=O) groups excluding carboxylic acids is 3. The van der Waals surface area contributed by atoms with Gasteiger partial charge in [-0.2, -0.15) is 0 Å². The van der Waals surface area contributed by atoms with Crippen LogP contribution in [0.4, 0.5) is 5.69 Å². The monoisotopic (exact) mass is 659 g/mol. The Morgan fingerprint density at radius 2 is 1.70 bits per heavy atom. The third-order valence-electron chi connectivity index (χ3n) is 8.37. The van der Waals surface area contributed by atoms with Crippen molar-refractivity contribution in [1.29, 1.82) is 0 Å². The van der Waals surface area contributed by atoms with Crippen LogP contribution < -0.4 is 10.6 Å². The molecule has 0 radical (unpaired) electrons. The standard InChI is InChI=1S/C29H30IN3O7/c1-32(2)14-7-5-12(6-8-14)15-11-18(30)23(34)20-16(15)9-13-10-17-22(33(3)4)25(36)21(28(31)39)27(38)29(17,40)26(37)19(13)24(20)35/h5-8,11,13,17,22,34-35,38,40H,9-10H2,1-4H3,(H2,31,39)/t13-,17-,22-,29-/m0/s1. The second kappa shape index (κ2) is 9.60. The topological polar surface area (TPSA) is 165 Å². The van der Waals surface area contributed by atoms with Gasteiger partial charge in [-0.15, -0.1) is 0 Å². The first-order valence-electron chi connectivity index (χ1n) is 12.7. The Bertz CT molecular complexity index is 1540. The number of rotatable bonds is 4. The fraction of sp³-hybridized carbons (Fsp3) is 0.345. The van der Waals surface area contributed by atoms with Crippen molar-refractivity contribution in [2.45, 2.75) is 24.5 Å².